The number of nitrogens with zero attached hydrogens (tertiary/aromatic N) is 1. The molecule has 0 aromatic carbocycles. The second-order valence-electron chi connectivity index (χ2n) is 3.04. The van der Waals surface area contributed by atoms with E-state index in [1.807, 2.05) is 6.92 Å². The van der Waals surface area contributed by atoms with Crippen LogP contribution < -0.4 is 0 Å². The molecule has 0 spiro atoms. The normalized spacial score (nSPS) is 10.1. The molecule has 0 fully saturated rings. The van der Waals surface area contributed by atoms with Crippen molar-refractivity contribution in [2.45, 2.75) is 19.9 Å². The molecule has 0 radical (unpaired) electrons. The first kappa shape index (κ1) is 12.0. The lowest BCUT2D eigenvalue weighted by atomic mass is 10.3. The molecule has 0 aliphatic carbocycles. The van der Waals surface area contributed by atoms with Gasteiger partial charge in [0.15, 0.2) is 6.29 Å². The minimum absolute atomic E-state index is 0.397. The molecule has 0 saturated heterocycles. The zero-order valence-corrected chi connectivity index (χ0v) is 10.2. The number of ether oxygens (including phenoxy) is 1. The lowest BCUT2D eigenvalue weighted by molar-refractivity contribution is 0.0588. The topological polar surface area (TPSA) is 48.3 Å². The molecule has 1 aromatic heterocycles. The lowest BCUT2D eigenvalue weighted by Crippen LogP contribution is -2.10. The Morgan fingerprint density at radius 3 is 2.80 bits per heavy atom. The smallest absolute Gasteiger partial charge is 0.354 e. The van der Waals surface area contributed by atoms with Crippen LogP contribution >= 0.6 is 15.9 Å². The molecular weight excluding hydrogens is 262 g/mol. The number of aldehydes is 1. The summed E-state index contributed by atoms with van der Waals surface area (Å²) in [5, 5.41) is 0. The zero-order valence-electron chi connectivity index (χ0n) is 8.62. The molecule has 0 aliphatic rings. The summed E-state index contributed by atoms with van der Waals surface area (Å²) in [6, 6.07) is 1.53. The van der Waals surface area contributed by atoms with Gasteiger partial charge in [0, 0.05) is 12.1 Å². The number of carbonyl (C=O) groups excluding carboxylic acids is 2. The average molecular weight is 274 g/mol. The van der Waals surface area contributed by atoms with Gasteiger partial charge in [0.05, 0.1) is 11.7 Å². The number of methoxy groups -OCH3 is 1. The molecule has 82 valence electrons. The van der Waals surface area contributed by atoms with E-state index in [0.717, 1.165) is 6.42 Å². The Balaban J connectivity index is 3.23. The summed E-state index contributed by atoms with van der Waals surface area (Å²) < 4.78 is 7.00. The van der Waals surface area contributed by atoms with E-state index in [1.54, 1.807) is 4.57 Å². The molecule has 0 aliphatic heterocycles. The Morgan fingerprint density at radius 1 is 1.67 bits per heavy atom. The van der Waals surface area contributed by atoms with Gasteiger partial charge in [0.2, 0.25) is 0 Å². The summed E-state index contributed by atoms with van der Waals surface area (Å²) in [7, 11) is 1.32. The second kappa shape index (κ2) is 5.11. The second-order valence-corrected chi connectivity index (χ2v) is 3.79. The van der Waals surface area contributed by atoms with Crippen molar-refractivity contribution in [2.24, 2.45) is 0 Å². The fraction of sp³-hybridized carbons (Fsp3) is 0.400. The maximum atomic E-state index is 11.4. The summed E-state index contributed by atoms with van der Waals surface area (Å²) >= 11 is 3.28. The monoisotopic (exact) mass is 273 g/mol. The van der Waals surface area contributed by atoms with Crippen molar-refractivity contribution in [3.63, 3.8) is 0 Å². The number of aromatic nitrogens is 1. The van der Waals surface area contributed by atoms with E-state index >= 15 is 0 Å². The molecule has 1 rings (SSSR count). The number of esters is 1. The molecule has 0 atom stereocenters. The van der Waals surface area contributed by atoms with Crippen LogP contribution in [-0.4, -0.2) is 23.9 Å². The number of carbonyl (C=O) groups is 2. The maximum absolute atomic E-state index is 11.4. The Bertz CT molecular complexity index is 384. The summed E-state index contributed by atoms with van der Waals surface area (Å²) in [6.45, 7) is 2.66. The highest BCUT2D eigenvalue weighted by Gasteiger charge is 2.17. The largest absolute Gasteiger partial charge is 0.464 e. The molecule has 0 bridgehead atoms. The van der Waals surface area contributed by atoms with Gasteiger partial charge in [-0.15, -0.1) is 0 Å². The predicted molar refractivity (Wildman–Crippen MR) is 59.2 cm³/mol. The summed E-state index contributed by atoms with van der Waals surface area (Å²) in [4.78, 5) is 22.1. The first-order valence-corrected chi connectivity index (χ1v) is 5.37. The van der Waals surface area contributed by atoms with Gasteiger partial charge < -0.3 is 9.30 Å². The molecule has 4 nitrogen and oxygen atoms in total. The van der Waals surface area contributed by atoms with E-state index in [4.69, 9.17) is 0 Å². The Labute approximate surface area is 96.3 Å². The van der Waals surface area contributed by atoms with Crippen LogP contribution in [0.5, 0.6) is 0 Å². The minimum atomic E-state index is -0.433. The standard InChI is InChI=1S/C10H12BrNO3/c1-3-4-12-8(10(14)15-2)5-7(6-13)9(12)11/h5-6H,3-4H2,1-2H3. The third kappa shape index (κ3) is 2.28. The molecule has 1 aromatic rings. The van der Waals surface area contributed by atoms with Crippen LogP contribution in [0.4, 0.5) is 0 Å². The van der Waals surface area contributed by atoms with Gasteiger partial charge in [0.25, 0.3) is 0 Å². The van der Waals surface area contributed by atoms with Crippen LogP contribution in [0.2, 0.25) is 0 Å². The van der Waals surface area contributed by atoms with Crippen LogP contribution in [0.3, 0.4) is 0 Å². The predicted octanol–water partition coefficient (Wildman–Crippen LogP) is 2.26. The highest BCUT2D eigenvalue weighted by Crippen LogP contribution is 2.22. The first-order chi connectivity index (χ1) is 7.15. The van der Waals surface area contributed by atoms with Gasteiger partial charge in [-0.2, -0.15) is 0 Å². The third-order valence-electron chi connectivity index (χ3n) is 2.03. The van der Waals surface area contributed by atoms with Crippen molar-refractivity contribution in [3.05, 3.63) is 21.9 Å². The van der Waals surface area contributed by atoms with Gasteiger partial charge >= 0.3 is 5.97 Å². The summed E-state index contributed by atoms with van der Waals surface area (Å²) in [5.41, 5.74) is 0.858. The molecule has 0 unspecified atom stereocenters. The van der Waals surface area contributed by atoms with Crippen molar-refractivity contribution >= 4 is 28.2 Å². The van der Waals surface area contributed by atoms with Crippen LogP contribution in [0, 0.1) is 0 Å². The van der Waals surface area contributed by atoms with Gasteiger partial charge in [-0.25, -0.2) is 4.79 Å². The molecule has 0 saturated carbocycles. The highest BCUT2D eigenvalue weighted by molar-refractivity contribution is 9.10. The lowest BCUT2D eigenvalue weighted by Gasteiger charge is -2.07. The van der Waals surface area contributed by atoms with Crippen LogP contribution in [0.15, 0.2) is 10.7 Å². The van der Waals surface area contributed by atoms with Crippen molar-refractivity contribution in [2.75, 3.05) is 7.11 Å². The van der Waals surface area contributed by atoms with E-state index in [-0.39, 0.29) is 0 Å². The number of rotatable bonds is 4. The van der Waals surface area contributed by atoms with Crippen LogP contribution in [0.1, 0.15) is 34.2 Å². The van der Waals surface area contributed by atoms with E-state index in [0.29, 0.717) is 28.7 Å². The Morgan fingerprint density at radius 2 is 2.33 bits per heavy atom. The van der Waals surface area contributed by atoms with E-state index < -0.39 is 5.97 Å². The summed E-state index contributed by atoms with van der Waals surface area (Å²) in [5.74, 6) is -0.433. The minimum Gasteiger partial charge on any atom is -0.464 e. The Hall–Kier alpha value is -1.10. The number of hydrogen-bond acceptors (Lipinski definition) is 3. The van der Waals surface area contributed by atoms with Crippen molar-refractivity contribution < 1.29 is 14.3 Å². The molecule has 1 heterocycles. The van der Waals surface area contributed by atoms with Crippen LogP contribution in [-0.2, 0) is 11.3 Å². The maximum Gasteiger partial charge on any atom is 0.354 e. The first-order valence-electron chi connectivity index (χ1n) is 4.58. The SMILES string of the molecule is CCCn1c(C(=O)OC)cc(C=O)c1Br. The zero-order chi connectivity index (χ0) is 11.4. The molecule has 15 heavy (non-hydrogen) atoms. The Kier molecular flexibility index (Phi) is 4.08. The van der Waals surface area contributed by atoms with E-state index in [2.05, 4.69) is 20.7 Å². The van der Waals surface area contributed by atoms with Gasteiger partial charge in [0.1, 0.15) is 5.69 Å². The number of halogens is 1. The quantitative estimate of drug-likeness (QED) is 0.625. The van der Waals surface area contributed by atoms with Crippen molar-refractivity contribution in [1.82, 2.24) is 4.57 Å². The van der Waals surface area contributed by atoms with Gasteiger partial charge in [-0.3, -0.25) is 4.79 Å². The van der Waals surface area contributed by atoms with E-state index in [9.17, 15) is 9.59 Å². The average Bonchev–Trinajstić information content (AvgIpc) is 2.56. The fourth-order valence-electron chi connectivity index (χ4n) is 1.34. The number of hydrogen-bond donors (Lipinski definition) is 0. The molecule has 0 amide bonds. The third-order valence-corrected chi connectivity index (χ3v) is 2.91. The van der Waals surface area contributed by atoms with Crippen molar-refractivity contribution in [1.29, 1.82) is 0 Å². The molecule has 5 heteroatoms. The fourth-order valence-corrected chi connectivity index (χ4v) is 1.92. The van der Waals surface area contributed by atoms with Gasteiger partial charge in [-0.05, 0) is 28.4 Å². The van der Waals surface area contributed by atoms with Crippen molar-refractivity contribution in [3.8, 4) is 0 Å². The van der Waals surface area contributed by atoms with E-state index in [1.165, 1.54) is 13.2 Å². The summed E-state index contributed by atoms with van der Waals surface area (Å²) in [6.07, 6.45) is 1.58. The molecular formula is C10H12BrNO3. The van der Waals surface area contributed by atoms with Crippen LogP contribution in [0.25, 0.3) is 0 Å². The molecule has 0 N–H and O–H groups in total. The van der Waals surface area contributed by atoms with Gasteiger partial charge in [-0.1, -0.05) is 6.92 Å². The highest BCUT2D eigenvalue weighted by atomic mass is 79.9.